The molecular formula is C70H54BN3. The molecule has 0 radical (unpaired) electrons. The minimum Gasteiger partial charge on any atom is -0.355 e. The molecule has 13 rings (SSSR count). The van der Waals surface area contributed by atoms with Crippen LogP contribution in [0.2, 0.25) is 0 Å². The van der Waals surface area contributed by atoms with Gasteiger partial charge in [0.2, 0.25) is 0 Å². The number of hydrogen-bond acceptors (Lipinski definition) is 3. The largest absolute Gasteiger partial charge is 0.355 e. The quantitative estimate of drug-likeness (QED) is 0.138. The molecule has 11 aromatic carbocycles. The number of rotatable bonds is 10. The summed E-state index contributed by atoms with van der Waals surface area (Å²) in [5.41, 5.74) is 27.3. The molecule has 3 nitrogen and oxygen atoms in total. The molecule has 0 fully saturated rings. The number of nitrogens with zero attached hydrogens (tertiary/aromatic N) is 2. The molecule has 0 unspecified atom stereocenters. The topological polar surface area (TPSA) is 18.5 Å². The maximum absolute atomic E-state index is 4.04. The van der Waals surface area contributed by atoms with Crippen LogP contribution in [0, 0.1) is 6.92 Å². The monoisotopic (exact) mass is 947 g/mol. The summed E-state index contributed by atoms with van der Waals surface area (Å²) < 4.78 is 0. The van der Waals surface area contributed by atoms with E-state index in [0.717, 1.165) is 41.4 Å². The van der Waals surface area contributed by atoms with Crippen LogP contribution < -0.4 is 26.0 Å². The Kier molecular flexibility index (Phi) is 11.2. The highest BCUT2D eigenvalue weighted by Gasteiger charge is 2.41. The fourth-order valence-electron chi connectivity index (χ4n) is 11.8. The lowest BCUT2D eigenvalue weighted by molar-refractivity contribution is 0.660. The van der Waals surface area contributed by atoms with Crippen molar-refractivity contribution in [3.63, 3.8) is 0 Å². The van der Waals surface area contributed by atoms with Gasteiger partial charge in [-0.2, -0.15) is 0 Å². The van der Waals surface area contributed by atoms with Crippen LogP contribution in [0.25, 0.3) is 55.6 Å². The summed E-state index contributed by atoms with van der Waals surface area (Å²) in [6, 6.07) is 95.4. The number of benzene rings is 11. The van der Waals surface area contributed by atoms with Crippen LogP contribution in [0.5, 0.6) is 0 Å². The summed E-state index contributed by atoms with van der Waals surface area (Å²) >= 11 is 0. The molecule has 1 heterocycles. The Labute approximate surface area is 436 Å². The third-order valence-electron chi connectivity index (χ3n) is 15.3. The fraction of sp³-hybridized carbons (Fsp3) is 0.0571. The summed E-state index contributed by atoms with van der Waals surface area (Å²) in [5.74, 6) is 0. The predicted octanol–water partition coefficient (Wildman–Crippen LogP) is 17.4. The van der Waals surface area contributed by atoms with Crippen molar-refractivity contribution >= 4 is 63.7 Å². The average molecular weight is 948 g/mol. The van der Waals surface area contributed by atoms with Crippen LogP contribution in [0.1, 0.15) is 30.5 Å². The Morgan fingerprint density at radius 3 is 1.57 bits per heavy atom. The smallest absolute Gasteiger partial charge is 0.198 e. The third-order valence-corrected chi connectivity index (χ3v) is 15.3. The lowest BCUT2D eigenvalue weighted by atomic mass is 9.57. The number of para-hydroxylation sites is 2. The summed E-state index contributed by atoms with van der Waals surface area (Å²) in [6.45, 7) is 7.11. The highest BCUT2D eigenvalue weighted by Crippen LogP contribution is 2.56. The van der Waals surface area contributed by atoms with Crippen molar-refractivity contribution in [2.75, 3.05) is 15.1 Å². The number of anilines is 8. The highest BCUT2D eigenvalue weighted by molar-refractivity contribution is 6.73. The zero-order valence-corrected chi connectivity index (χ0v) is 41.9. The number of fused-ring (bicyclic) bond motifs is 5. The van der Waals surface area contributed by atoms with E-state index in [1.807, 2.05) is 0 Å². The Morgan fingerprint density at radius 1 is 0.392 bits per heavy atom. The molecule has 1 aliphatic heterocycles. The van der Waals surface area contributed by atoms with Crippen molar-refractivity contribution < 1.29 is 0 Å². The molecule has 11 aromatic rings. The lowest BCUT2D eigenvalue weighted by Gasteiger charge is -2.38. The van der Waals surface area contributed by atoms with E-state index in [1.165, 1.54) is 94.6 Å². The van der Waals surface area contributed by atoms with Crippen molar-refractivity contribution in [1.29, 1.82) is 0 Å². The molecule has 0 amide bonds. The minimum absolute atomic E-state index is 0.280. The molecule has 352 valence electrons. The van der Waals surface area contributed by atoms with Gasteiger partial charge in [-0.1, -0.05) is 195 Å². The first-order chi connectivity index (χ1) is 36.4. The van der Waals surface area contributed by atoms with Crippen LogP contribution in [0.4, 0.5) is 45.5 Å². The summed E-state index contributed by atoms with van der Waals surface area (Å²) in [7, 11) is 0.720. The van der Waals surface area contributed by atoms with Gasteiger partial charge in [0, 0.05) is 56.5 Å². The molecule has 2 aliphatic rings. The minimum atomic E-state index is -0.280. The van der Waals surface area contributed by atoms with Crippen LogP contribution in [0.15, 0.2) is 261 Å². The van der Waals surface area contributed by atoms with E-state index in [9.17, 15) is 0 Å². The molecule has 1 N–H and O–H groups in total. The Balaban J connectivity index is 1.10. The van der Waals surface area contributed by atoms with Crippen molar-refractivity contribution in [3.8, 4) is 55.6 Å². The summed E-state index contributed by atoms with van der Waals surface area (Å²) in [4.78, 5) is 4.97. The normalized spacial score (nSPS) is 12.7. The summed E-state index contributed by atoms with van der Waals surface area (Å²) in [6.07, 6.45) is 0. The Morgan fingerprint density at radius 2 is 0.932 bits per heavy atom. The number of aryl methyl sites for hydroxylation is 1. The van der Waals surface area contributed by atoms with Crippen LogP contribution in [-0.4, -0.2) is 7.28 Å². The fourth-order valence-corrected chi connectivity index (χ4v) is 11.8. The zero-order valence-electron chi connectivity index (χ0n) is 41.9. The van der Waals surface area contributed by atoms with Crippen molar-refractivity contribution in [3.05, 3.63) is 278 Å². The van der Waals surface area contributed by atoms with Gasteiger partial charge in [-0.25, -0.2) is 0 Å². The van der Waals surface area contributed by atoms with Crippen LogP contribution >= 0.6 is 0 Å². The molecule has 0 spiro atoms. The molecule has 74 heavy (non-hydrogen) atoms. The predicted molar refractivity (Wildman–Crippen MR) is 316 cm³/mol. The Bertz CT molecular complexity index is 3830. The van der Waals surface area contributed by atoms with Crippen molar-refractivity contribution in [2.24, 2.45) is 0 Å². The maximum atomic E-state index is 4.04. The van der Waals surface area contributed by atoms with Gasteiger partial charge < -0.3 is 15.1 Å². The number of nitrogens with one attached hydrogen (secondary N) is 1. The van der Waals surface area contributed by atoms with E-state index in [2.05, 4.69) is 297 Å². The van der Waals surface area contributed by atoms with Gasteiger partial charge in [0.15, 0.2) is 7.28 Å². The van der Waals surface area contributed by atoms with Gasteiger partial charge in [-0.15, -0.1) is 0 Å². The first kappa shape index (κ1) is 44.8. The van der Waals surface area contributed by atoms with E-state index >= 15 is 0 Å². The molecule has 0 atom stereocenters. The zero-order chi connectivity index (χ0) is 49.8. The van der Waals surface area contributed by atoms with Crippen LogP contribution in [0.3, 0.4) is 0 Å². The molecule has 0 saturated carbocycles. The third kappa shape index (κ3) is 7.87. The molecule has 1 aliphatic carbocycles. The van der Waals surface area contributed by atoms with Gasteiger partial charge in [0.05, 0.1) is 0 Å². The van der Waals surface area contributed by atoms with Gasteiger partial charge in [-0.05, 0) is 164 Å². The molecule has 4 heteroatoms. The average Bonchev–Trinajstić information content (AvgIpc) is 3.69. The van der Waals surface area contributed by atoms with Gasteiger partial charge in [0.1, 0.15) is 0 Å². The van der Waals surface area contributed by atoms with Gasteiger partial charge in [-0.3, -0.25) is 0 Å². The van der Waals surface area contributed by atoms with E-state index in [4.69, 9.17) is 0 Å². The molecule has 0 bridgehead atoms. The first-order valence-corrected chi connectivity index (χ1v) is 25.8. The van der Waals surface area contributed by atoms with Crippen molar-refractivity contribution in [1.82, 2.24) is 0 Å². The SMILES string of the molecule is Cc1cc(-c2ccccc2)ccc1N1c2ccc(N(c3ccccc3)c3ccccc3)cc2Bc2c1cc1c(c2-c2cc(-c3ccccc3)ccc2Nc2cccc(-c3ccccc3)c2)-c2ccccc2C1(C)C. The standard InChI is InChI=1S/C70H54BN3/c1-47-42-52(49-24-11-5-12-25-49)37-40-64(47)74-65-41-38-57(73(55-30-15-7-16-31-55)56-32-17-8-18-33-56)45-62(65)71-69-66(74)46-61-67(58-34-19-20-35-60(58)70(61,2)3)68(69)59-44-53(50-26-13-6-14-27-50)36-39-63(59)72-54-29-21-28-51(43-54)48-22-9-4-10-23-48/h4-46,71-72H,1-3H3. The first-order valence-electron chi connectivity index (χ1n) is 25.8. The Hall–Kier alpha value is -9.12. The second-order valence-corrected chi connectivity index (χ2v) is 20.2. The highest BCUT2D eigenvalue weighted by atomic mass is 15.2. The molecule has 0 aromatic heterocycles. The summed E-state index contributed by atoms with van der Waals surface area (Å²) in [5, 5.41) is 4.04. The van der Waals surface area contributed by atoms with Gasteiger partial charge >= 0.3 is 0 Å². The second-order valence-electron chi connectivity index (χ2n) is 20.2. The number of hydrogen-bond donors (Lipinski definition) is 1. The maximum Gasteiger partial charge on any atom is 0.198 e. The molecular weight excluding hydrogens is 894 g/mol. The molecule has 0 saturated heterocycles. The van der Waals surface area contributed by atoms with E-state index in [0.29, 0.717) is 0 Å². The lowest BCUT2D eigenvalue weighted by Crippen LogP contribution is -2.42. The van der Waals surface area contributed by atoms with Crippen molar-refractivity contribution in [2.45, 2.75) is 26.2 Å². The van der Waals surface area contributed by atoms with Gasteiger partial charge in [0.25, 0.3) is 0 Å². The van der Waals surface area contributed by atoms with E-state index in [1.54, 1.807) is 0 Å². The van der Waals surface area contributed by atoms with E-state index < -0.39 is 0 Å². The van der Waals surface area contributed by atoms with E-state index in [-0.39, 0.29) is 5.41 Å². The van der Waals surface area contributed by atoms with Crippen LogP contribution in [-0.2, 0) is 5.41 Å². The second kappa shape index (κ2) is 18.5.